The number of nitrogens with zero attached hydrogens (tertiary/aromatic N) is 3. The van der Waals surface area contributed by atoms with Gasteiger partial charge in [-0.25, -0.2) is 0 Å². The predicted octanol–water partition coefficient (Wildman–Crippen LogP) is 6.26. The van der Waals surface area contributed by atoms with Gasteiger partial charge in [-0.3, -0.25) is 9.69 Å². The van der Waals surface area contributed by atoms with Crippen LogP contribution in [-0.2, 0) is 6.54 Å². The predicted molar refractivity (Wildman–Crippen MR) is 137 cm³/mol. The highest BCUT2D eigenvalue weighted by Gasteiger charge is 2.39. The number of carbonyl (C=O) groups is 1. The largest absolute Gasteiger partial charge is 0.479 e. The Morgan fingerprint density at radius 1 is 0.857 bits per heavy atom. The number of amides is 1. The molecular weight excluding hydrogens is 434 g/mol. The summed E-state index contributed by atoms with van der Waals surface area (Å²) in [5, 5.41) is 8.84. The van der Waals surface area contributed by atoms with Gasteiger partial charge in [-0.1, -0.05) is 72.3 Å². The molecule has 5 nitrogen and oxygen atoms in total. The van der Waals surface area contributed by atoms with Crippen molar-refractivity contribution < 1.29 is 9.53 Å². The van der Waals surface area contributed by atoms with E-state index in [-0.39, 0.29) is 18.7 Å². The number of hydrogen-bond acceptors (Lipinski definition) is 4. The van der Waals surface area contributed by atoms with E-state index in [1.54, 1.807) is 0 Å². The average molecular weight is 460 g/mol. The van der Waals surface area contributed by atoms with Crippen LogP contribution in [0.2, 0.25) is 0 Å². The average Bonchev–Trinajstić information content (AvgIpc) is 2.90. The second-order valence-electron chi connectivity index (χ2n) is 8.53. The van der Waals surface area contributed by atoms with Crippen molar-refractivity contribution in [2.45, 2.75) is 19.6 Å². The van der Waals surface area contributed by atoms with Gasteiger partial charge in [-0.15, -0.1) is 0 Å². The van der Waals surface area contributed by atoms with Gasteiger partial charge in [-0.2, -0.15) is 5.26 Å². The quantitative estimate of drug-likeness (QED) is 0.341. The van der Waals surface area contributed by atoms with E-state index >= 15 is 0 Å². The highest BCUT2D eigenvalue weighted by molar-refractivity contribution is 6.12. The number of hydrogen-bond donors (Lipinski definition) is 0. The van der Waals surface area contributed by atoms with Gasteiger partial charge < -0.3 is 9.64 Å². The van der Waals surface area contributed by atoms with Gasteiger partial charge in [-0.05, 0) is 54.4 Å². The molecule has 0 radical (unpaired) electrons. The van der Waals surface area contributed by atoms with E-state index in [1.807, 2.05) is 109 Å². The van der Waals surface area contributed by atoms with Gasteiger partial charge in [0.15, 0.2) is 6.61 Å². The van der Waals surface area contributed by atoms with E-state index < -0.39 is 0 Å². The normalized spacial score (nSPS) is 14.9. The summed E-state index contributed by atoms with van der Waals surface area (Å²) in [4.78, 5) is 18.1. The standard InChI is InChI=1S/C30H25N3O2/c1-22-11-15-25(16-12-22)33-29(24-13-17-26(18-14-24)35-20-19-31)32(21-23-7-3-2-4-8-23)28-10-6-5-9-27(28)30(33)34/h2-18,29H,20-21H2,1H3/t29-/m1/s1. The number of nitriles is 1. The number of rotatable bonds is 6. The molecule has 0 aromatic heterocycles. The molecule has 4 aromatic rings. The van der Waals surface area contributed by atoms with E-state index in [4.69, 9.17) is 10.00 Å². The molecule has 35 heavy (non-hydrogen) atoms. The zero-order valence-corrected chi connectivity index (χ0v) is 19.5. The van der Waals surface area contributed by atoms with Gasteiger partial charge in [0.05, 0.1) is 11.3 Å². The number of carbonyl (C=O) groups excluding carboxylic acids is 1. The second-order valence-corrected chi connectivity index (χ2v) is 8.53. The van der Waals surface area contributed by atoms with Crippen LogP contribution in [0.5, 0.6) is 5.75 Å². The van der Waals surface area contributed by atoms with E-state index in [9.17, 15) is 4.79 Å². The highest BCUT2D eigenvalue weighted by Crippen LogP contribution is 2.42. The molecule has 0 bridgehead atoms. The second kappa shape index (κ2) is 9.74. The molecule has 0 N–H and O–H groups in total. The summed E-state index contributed by atoms with van der Waals surface area (Å²) < 4.78 is 5.47. The molecule has 0 saturated heterocycles. The topological polar surface area (TPSA) is 56.6 Å². The number of aryl methyl sites for hydroxylation is 1. The Kier molecular flexibility index (Phi) is 6.19. The minimum atomic E-state index is -0.370. The third-order valence-corrected chi connectivity index (χ3v) is 6.19. The Hall–Kier alpha value is -4.56. The first-order valence-corrected chi connectivity index (χ1v) is 11.6. The smallest absolute Gasteiger partial charge is 0.262 e. The number of anilines is 2. The van der Waals surface area contributed by atoms with Crippen molar-refractivity contribution in [2.75, 3.05) is 16.4 Å². The van der Waals surface area contributed by atoms with Crippen molar-refractivity contribution in [1.29, 1.82) is 5.26 Å². The van der Waals surface area contributed by atoms with Crippen molar-refractivity contribution in [1.82, 2.24) is 0 Å². The first-order valence-electron chi connectivity index (χ1n) is 11.6. The molecule has 172 valence electrons. The Balaban J connectivity index is 1.66. The summed E-state index contributed by atoms with van der Waals surface area (Å²) in [7, 11) is 0. The van der Waals surface area contributed by atoms with Crippen molar-refractivity contribution in [2.24, 2.45) is 0 Å². The first-order chi connectivity index (χ1) is 17.2. The van der Waals surface area contributed by atoms with Gasteiger partial charge in [0.1, 0.15) is 18.0 Å². The van der Waals surface area contributed by atoms with Gasteiger partial charge in [0.2, 0.25) is 0 Å². The Morgan fingerprint density at radius 2 is 1.54 bits per heavy atom. The third-order valence-electron chi connectivity index (χ3n) is 6.19. The van der Waals surface area contributed by atoms with Crippen LogP contribution in [-0.4, -0.2) is 12.5 Å². The Bertz CT molecular complexity index is 1360. The van der Waals surface area contributed by atoms with Crippen LogP contribution in [0, 0.1) is 18.3 Å². The third kappa shape index (κ3) is 4.47. The van der Waals surface area contributed by atoms with Crippen molar-refractivity contribution in [3.8, 4) is 11.8 Å². The van der Waals surface area contributed by atoms with Crippen LogP contribution in [0.15, 0.2) is 103 Å². The van der Waals surface area contributed by atoms with Crippen molar-refractivity contribution >= 4 is 17.3 Å². The van der Waals surface area contributed by atoms with E-state index in [0.29, 0.717) is 17.9 Å². The summed E-state index contributed by atoms with van der Waals surface area (Å²) in [6.07, 6.45) is -0.370. The van der Waals surface area contributed by atoms with Gasteiger partial charge in [0.25, 0.3) is 5.91 Å². The minimum Gasteiger partial charge on any atom is -0.479 e. The number of benzene rings is 4. The lowest BCUT2D eigenvalue weighted by molar-refractivity contribution is 0.0968. The summed E-state index contributed by atoms with van der Waals surface area (Å²) >= 11 is 0. The molecule has 0 spiro atoms. The van der Waals surface area contributed by atoms with Gasteiger partial charge >= 0.3 is 0 Å². The molecule has 5 heteroatoms. The Morgan fingerprint density at radius 3 is 2.26 bits per heavy atom. The van der Waals surface area contributed by atoms with E-state index in [2.05, 4.69) is 17.0 Å². The molecule has 1 aliphatic rings. The van der Waals surface area contributed by atoms with Crippen molar-refractivity contribution in [3.05, 3.63) is 125 Å². The molecule has 0 fully saturated rings. The van der Waals surface area contributed by atoms with Crippen LogP contribution in [0.3, 0.4) is 0 Å². The van der Waals surface area contributed by atoms with E-state index in [0.717, 1.165) is 28.1 Å². The Labute approximate surface area is 205 Å². The summed E-state index contributed by atoms with van der Waals surface area (Å²) in [6.45, 7) is 2.66. The molecule has 1 amide bonds. The number of fused-ring (bicyclic) bond motifs is 1. The lowest BCUT2D eigenvalue weighted by atomic mass is 9.99. The fourth-order valence-electron chi connectivity index (χ4n) is 4.51. The fourth-order valence-corrected chi connectivity index (χ4v) is 4.51. The maximum Gasteiger partial charge on any atom is 0.262 e. The maximum atomic E-state index is 13.9. The molecule has 0 aliphatic carbocycles. The van der Waals surface area contributed by atoms with Gasteiger partial charge in [0, 0.05) is 12.2 Å². The highest BCUT2D eigenvalue weighted by atomic mass is 16.5. The SMILES string of the molecule is Cc1ccc(N2C(=O)c3ccccc3N(Cc3ccccc3)[C@H]2c2ccc(OCC#N)cc2)cc1. The van der Waals surface area contributed by atoms with Crippen LogP contribution in [0.1, 0.15) is 33.2 Å². The zero-order chi connectivity index (χ0) is 24.2. The van der Waals surface area contributed by atoms with Crippen LogP contribution in [0.4, 0.5) is 11.4 Å². The zero-order valence-electron chi connectivity index (χ0n) is 19.5. The minimum absolute atomic E-state index is 0.00966. The first kappa shape index (κ1) is 22.2. The molecule has 1 atom stereocenters. The van der Waals surface area contributed by atoms with Crippen molar-refractivity contribution in [3.63, 3.8) is 0 Å². The summed E-state index contributed by atoms with van der Waals surface area (Å²) in [5.74, 6) is 0.581. The molecule has 0 saturated carbocycles. The maximum absolute atomic E-state index is 13.9. The van der Waals surface area contributed by atoms with E-state index in [1.165, 1.54) is 0 Å². The summed E-state index contributed by atoms with van der Waals surface area (Å²) in [6, 6.07) is 35.8. The summed E-state index contributed by atoms with van der Waals surface area (Å²) in [5.41, 5.74) is 5.65. The molecule has 4 aromatic carbocycles. The fraction of sp³-hybridized carbons (Fsp3) is 0.133. The molecule has 5 rings (SSSR count). The number of para-hydroxylation sites is 1. The monoisotopic (exact) mass is 459 g/mol. The molecule has 0 unspecified atom stereocenters. The lowest BCUT2D eigenvalue weighted by Crippen LogP contribution is -2.49. The lowest BCUT2D eigenvalue weighted by Gasteiger charge is -2.46. The van der Waals surface area contributed by atoms with Crippen LogP contribution >= 0.6 is 0 Å². The molecule has 1 aliphatic heterocycles. The number of ether oxygens (including phenoxy) is 1. The molecular formula is C30H25N3O2. The molecule has 1 heterocycles. The van der Waals surface area contributed by atoms with Crippen LogP contribution in [0.25, 0.3) is 0 Å². The van der Waals surface area contributed by atoms with Crippen LogP contribution < -0.4 is 14.5 Å².